The van der Waals surface area contributed by atoms with E-state index >= 15 is 0 Å². The standard InChI is InChI=1S/C23H21N5O3S/c29-21(24-14-17-8-3-1-4-9-17)16-32-23-27-26-20(28(23)18-10-5-2-6-11-18)15-25-22(30)19-12-7-13-31-19/h1-13H,14-16H2,(H,24,29)(H,25,30). The molecular weight excluding hydrogens is 426 g/mol. The molecule has 162 valence electrons. The van der Waals surface area contributed by atoms with Crippen molar-refractivity contribution in [2.45, 2.75) is 18.2 Å². The summed E-state index contributed by atoms with van der Waals surface area (Å²) in [7, 11) is 0. The highest BCUT2D eigenvalue weighted by Crippen LogP contribution is 2.22. The number of rotatable bonds is 9. The van der Waals surface area contributed by atoms with Crippen molar-refractivity contribution < 1.29 is 14.0 Å². The lowest BCUT2D eigenvalue weighted by molar-refractivity contribution is -0.118. The Kier molecular flexibility index (Phi) is 6.98. The van der Waals surface area contributed by atoms with Crippen molar-refractivity contribution in [3.8, 4) is 5.69 Å². The van der Waals surface area contributed by atoms with Crippen LogP contribution in [0.25, 0.3) is 5.69 Å². The first kappa shape index (κ1) is 21.4. The van der Waals surface area contributed by atoms with Crippen LogP contribution in [-0.2, 0) is 17.9 Å². The van der Waals surface area contributed by atoms with Gasteiger partial charge >= 0.3 is 0 Å². The fourth-order valence-electron chi connectivity index (χ4n) is 2.98. The molecule has 32 heavy (non-hydrogen) atoms. The molecule has 0 atom stereocenters. The molecule has 0 saturated heterocycles. The molecule has 8 nitrogen and oxygen atoms in total. The monoisotopic (exact) mass is 447 g/mol. The quantitative estimate of drug-likeness (QED) is 0.382. The summed E-state index contributed by atoms with van der Waals surface area (Å²) in [5.41, 5.74) is 1.87. The number of para-hydroxylation sites is 1. The Balaban J connectivity index is 1.43. The largest absolute Gasteiger partial charge is 0.459 e. The van der Waals surface area contributed by atoms with Gasteiger partial charge < -0.3 is 15.1 Å². The number of hydrogen-bond acceptors (Lipinski definition) is 6. The number of nitrogens with zero attached hydrogens (tertiary/aromatic N) is 3. The fourth-order valence-corrected chi connectivity index (χ4v) is 3.78. The maximum absolute atomic E-state index is 12.3. The molecule has 0 spiro atoms. The molecule has 0 aliphatic carbocycles. The zero-order valence-corrected chi connectivity index (χ0v) is 17.9. The lowest BCUT2D eigenvalue weighted by Crippen LogP contribution is -2.25. The maximum Gasteiger partial charge on any atom is 0.287 e. The number of carbonyl (C=O) groups is 2. The Morgan fingerprint density at radius 2 is 1.62 bits per heavy atom. The van der Waals surface area contributed by atoms with Crippen LogP contribution in [0.3, 0.4) is 0 Å². The van der Waals surface area contributed by atoms with E-state index in [1.807, 2.05) is 65.2 Å². The zero-order chi connectivity index (χ0) is 22.2. The summed E-state index contributed by atoms with van der Waals surface area (Å²) in [5, 5.41) is 14.7. The van der Waals surface area contributed by atoms with E-state index in [-0.39, 0.29) is 29.9 Å². The predicted molar refractivity (Wildman–Crippen MR) is 120 cm³/mol. The maximum atomic E-state index is 12.3. The number of hydrogen-bond donors (Lipinski definition) is 2. The molecule has 0 bridgehead atoms. The Bertz CT molecular complexity index is 1160. The van der Waals surface area contributed by atoms with Crippen LogP contribution in [0.2, 0.25) is 0 Å². The fraction of sp³-hybridized carbons (Fsp3) is 0.130. The molecule has 2 amide bonds. The summed E-state index contributed by atoms with van der Waals surface area (Å²) in [6, 6.07) is 22.5. The Hall–Kier alpha value is -3.85. The zero-order valence-electron chi connectivity index (χ0n) is 17.1. The molecule has 2 aromatic carbocycles. The Morgan fingerprint density at radius 1 is 0.875 bits per heavy atom. The van der Waals surface area contributed by atoms with Crippen molar-refractivity contribution in [2.75, 3.05) is 5.75 Å². The third kappa shape index (κ3) is 5.44. The van der Waals surface area contributed by atoms with Crippen LogP contribution < -0.4 is 10.6 Å². The predicted octanol–water partition coefficient (Wildman–Crippen LogP) is 3.20. The molecular formula is C23H21N5O3S. The van der Waals surface area contributed by atoms with E-state index in [2.05, 4.69) is 20.8 Å². The molecule has 4 rings (SSSR count). The van der Waals surface area contributed by atoms with Crippen LogP contribution in [0, 0.1) is 0 Å². The van der Waals surface area contributed by atoms with Gasteiger partial charge in [-0.25, -0.2) is 0 Å². The number of thioether (sulfide) groups is 1. The van der Waals surface area contributed by atoms with E-state index in [1.54, 1.807) is 12.1 Å². The molecule has 0 unspecified atom stereocenters. The first-order valence-electron chi connectivity index (χ1n) is 9.95. The van der Waals surface area contributed by atoms with Crippen molar-refractivity contribution in [2.24, 2.45) is 0 Å². The van der Waals surface area contributed by atoms with Gasteiger partial charge in [0.15, 0.2) is 16.7 Å². The van der Waals surface area contributed by atoms with Crippen molar-refractivity contribution in [3.05, 3.63) is 96.2 Å². The number of furan rings is 1. The van der Waals surface area contributed by atoms with E-state index in [1.165, 1.54) is 18.0 Å². The first-order chi connectivity index (χ1) is 15.7. The van der Waals surface area contributed by atoms with Gasteiger partial charge in [-0.3, -0.25) is 14.2 Å². The molecule has 0 aliphatic heterocycles. The molecule has 2 N–H and O–H groups in total. The van der Waals surface area contributed by atoms with E-state index in [0.29, 0.717) is 17.5 Å². The molecule has 0 saturated carbocycles. The second kappa shape index (κ2) is 10.5. The van der Waals surface area contributed by atoms with Gasteiger partial charge in [-0.05, 0) is 29.8 Å². The summed E-state index contributed by atoms with van der Waals surface area (Å²) in [4.78, 5) is 24.6. The van der Waals surface area contributed by atoms with Crippen LogP contribution in [0.4, 0.5) is 0 Å². The highest BCUT2D eigenvalue weighted by atomic mass is 32.2. The minimum atomic E-state index is -0.341. The van der Waals surface area contributed by atoms with E-state index < -0.39 is 0 Å². The van der Waals surface area contributed by atoms with Gasteiger partial charge in [0.05, 0.1) is 18.6 Å². The summed E-state index contributed by atoms with van der Waals surface area (Å²) in [5.74, 6) is 0.515. The third-order valence-corrected chi connectivity index (χ3v) is 5.46. The van der Waals surface area contributed by atoms with Gasteiger partial charge in [0.2, 0.25) is 5.91 Å². The lowest BCUT2D eigenvalue weighted by atomic mass is 10.2. The SMILES string of the molecule is O=C(CSc1nnc(CNC(=O)c2ccco2)n1-c1ccccc1)NCc1ccccc1. The average Bonchev–Trinajstić information content (AvgIpc) is 3.51. The second-order valence-electron chi connectivity index (χ2n) is 6.78. The van der Waals surface area contributed by atoms with Gasteiger partial charge in [0.1, 0.15) is 0 Å². The summed E-state index contributed by atoms with van der Waals surface area (Å²) in [6.45, 7) is 0.623. The normalized spacial score (nSPS) is 10.6. The van der Waals surface area contributed by atoms with Gasteiger partial charge in [-0.15, -0.1) is 10.2 Å². The topological polar surface area (TPSA) is 102 Å². The van der Waals surface area contributed by atoms with Crippen molar-refractivity contribution >= 4 is 23.6 Å². The minimum absolute atomic E-state index is 0.103. The van der Waals surface area contributed by atoms with Crippen LogP contribution in [0.15, 0.2) is 88.6 Å². The summed E-state index contributed by atoms with van der Waals surface area (Å²) in [6.07, 6.45) is 1.44. The van der Waals surface area contributed by atoms with E-state index in [0.717, 1.165) is 11.3 Å². The van der Waals surface area contributed by atoms with Gasteiger partial charge in [0.25, 0.3) is 5.91 Å². The van der Waals surface area contributed by atoms with Gasteiger partial charge in [-0.1, -0.05) is 60.3 Å². The highest BCUT2D eigenvalue weighted by molar-refractivity contribution is 7.99. The molecule has 2 heterocycles. The molecule has 0 radical (unpaired) electrons. The Morgan fingerprint density at radius 3 is 2.34 bits per heavy atom. The van der Waals surface area contributed by atoms with Crippen molar-refractivity contribution in [3.63, 3.8) is 0 Å². The molecule has 9 heteroatoms. The number of benzene rings is 2. The average molecular weight is 448 g/mol. The molecule has 2 aromatic heterocycles. The van der Waals surface area contributed by atoms with Crippen LogP contribution in [0.5, 0.6) is 0 Å². The first-order valence-corrected chi connectivity index (χ1v) is 10.9. The number of amides is 2. The minimum Gasteiger partial charge on any atom is -0.459 e. The number of aromatic nitrogens is 3. The van der Waals surface area contributed by atoms with Crippen LogP contribution >= 0.6 is 11.8 Å². The van der Waals surface area contributed by atoms with E-state index in [9.17, 15) is 9.59 Å². The van der Waals surface area contributed by atoms with Crippen LogP contribution in [-0.4, -0.2) is 32.3 Å². The van der Waals surface area contributed by atoms with E-state index in [4.69, 9.17) is 4.42 Å². The highest BCUT2D eigenvalue weighted by Gasteiger charge is 2.17. The van der Waals surface area contributed by atoms with Gasteiger partial charge in [0, 0.05) is 12.2 Å². The van der Waals surface area contributed by atoms with Crippen LogP contribution in [0.1, 0.15) is 21.9 Å². The van der Waals surface area contributed by atoms with Crippen molar-refractivity contribution in [1.82, 2.24) is 25.4 Å². The van der Waals surface area contributed by atoms with Crippen molar-refractivity contribution in [1.29, 1.82) is 0 Å². The molecule has 0 fully saturated rings. The number of nitrogens with one attached hydrogen (secondary N) is 2. The second-order valence-corrected chi connectivity index (χ2v) is 7.72. The third-order valence-electron chi connectivity index (χ3n) is 4.53. The Labute approximate surface area is 189 Å². The summed E-state index contributed by atoms with van der Waals surface area (Å²) < 4.78 is 6.95. The number of carbonyl (C=O) groups excluding carboxylic acids is 2. The van der Waals surface area contributed by atoms with Gasteiger partial charge in [-0.2, -0.15) is 0 Å². The summed E-state index contributed by atoms with van der Waals surface area (Å²) >= 11 is 1.28. The smallest absolute Gasteiger partial charge is 0.287 e. The molecule has 0 aliphatic rings. The lowest BCUT2D eigenvalue weighted by Gasteiger charge is -2.11. The molecule has 4 aromatic rings.